The summed E-state index contributed by atoms with van der Waals surface area (Å²) in [5.74, 6) is -1.02. The molecule has 0 heterocycles. The van der Waals surface area contributed by atoms with E-state index in [1.165, 1.54) is 0 Å². The van der Waals surface area contributed by atoms with Gasteiger partial charge in [0.05, 0.1) is 6.04 Å². The first-order valence-corrected chi connectivity index (χ1v) is 5.91. The van der Waals surface area contributed by atoms with Gasteiger partial charge in [-0.2, -0.15) is 5.26 Å². The molecule has 0 spiro atoms. The zero-order valence-electron chi connectivity index (χ0n) is 10.7. The van der Waals surface area contributed by atoms with E-state index in [1.54, 1.807) is 24.3 Å². The van der Waals surface area contributed by atoms with E-state index in [-0.39, 0.29) is 19.4 Å². The summed E-state index contributed by atoms with van der Waals surface area (Å²) in [6.45, 7) is -0.0878. The number of amides is 1. The number of nitrogens with one attached hydrogen (secondary N) is 1. The minimum atomic E-state index is -1.000. The monoisotopic (exact) mass is 277 g/mol. The molecule has 1 rings (SSSR count). The summed E-state index contributed by atoms with van der Waals surface area (Å²) in [4.78, 5) is 22.1. The molecule has 4 N–H and O–H groups in total. The van der Waals surface area contributed by atoms with Crippen molar-refractivity contribution in [2.45, 2.75) is 18.9 Å². The molecule has 0 saturated carbocycles. The Labute approximate surface area is 115 Å². The maximum Gasteiger partial charge on any atom is 0.303 e. The maximum absolute atomic E-state index is 11.7. The number of carboxylic acid groups (broad SMARTS) is 1. The first-order valence-electron chi connectivity index (χ1n) is 5.91. The number of benzene rings is 1. The average Bonchev–Trinajstić information content (AvgIpc) is 2.42. The predicted octanol–water partition coefficient (Wildman–Crippen LogP) is 0.720. The summed E-state index contributed by atoms with van der Waals surface area (Å²) in [5.41, 5.74) is 6.05. The Balaban J connectivity index is 2.57. The summed E-state index contributed by atoms with van der Waals surface area (Å²) >= 11 is 0. The molecule has 106 valence electrons. The number of carbonyl (C=O) groups is 2. The van der Waals surface area contributed by atoms with Crippen LogP contribution in [0, 0.1) is 11.3 Å². The van der Waals surface area contributed by atoms with Crippen molar-refractivity contribution < 1.29 is 19.4 Å². The fourth-order valence-corrected chi connectivity index (χ4v) is 1.42. The number of rotatable bonds is 7. The highest BCUT2D eigenvalue weighted by Crippen LogP contribution is 2.17. The number of hydrogen-bond donors (Lipinski definition) is 3. The number of nitrogens with two attached hydrogens (primary N) is 1. The molecule has 0 radical (unpaired) electrons. The van der Waals surface area contributed by atoms with Crippen LogP contribution in [0.3, 0.4) is 0 Å². The Bertz CT molecular complexity index is 525. The van der Waals surface area contributed by atoms with E-state index in [2.05, 4.69) is 5.32 Å². The molecule has 0 fully saturated rings. The van der Waals surface area contributed by atoms with Crippen LogP contribution < -0.4 is 15.8 Å². The molecular formula is C13H15N3O4. The molecule has 1 unspecified atom stereocenters. The number of aliphatic carboxylic acids is 1. The molecule has 20 heavy (non-hydrogen) atoms. The zero-order chi connectivity index (χ0) is 15.0. The van der Waals surface area contributed by atoms with Crippen LogP contribution in [0.15, 0.2) is 24.3 Å². The molecule has 7 nitrogen and oxygen atoms in total. The topological polar surface area (TPSA) is 125 Å². The highest BCUT2D eigenvalue weighted by Gasteiger charge is 2.15. The number of ether oxygens (including phenoxy) is 1. The van der Waals surface area contributed by atoms with Gasteiger partial charge in [0.2, 0.25) is 5.91 Å². The quantitative estimate of drug-likeness (QED) is 0.674. The largest absolute Gasteiger partial charge is 0.481 e. The molecule has 1 amide bonds. The maximum atomic E-state index is 11.7. The first kappa shape index (κ1) is 15.5. The van der Waals surface area contributed by atoms with E-state index in [0.29, 0.717) is 11.4 Å². The molecular weight excluding hydrogens is 262 g/mol. The van der Waals surface area contributed by atoms with Crippen molar-refractivity contribution in [1.29, 1.82) is 5.26 Å². The molecule has 0 aliphatic rings. The SMILES string of the molecule is N#CCOc1cccc(NC(=O)C(N)CCC(=O)O)c1. The fourth-order valence-electron chi connectivity index (χ4n) is 1.42. The number of anilines is 1. The number of hydrogen-bond acceptors (Lipinski definition) is 5. The summed E-state index contributed by atoms with van der Waals surface area (Å²) in [6.07, 6.45) is -0.105. The van der Waals surface area contributed by atoms with Gasteiger partial charge in [0.1, 0.15) is 11.8 Å². The standard InChI is InChI=1S/C13H15N3O4/c14-6-7-20-10-3-1-2-9(8-10)16-13(19)11(15)4-5-12(17)18/h1-3,8,11H,4-5,7,15H2,(H,16,19)(H,17,18). The van der Waals surface area contributed by atoms with Gasteiger partial charge in [0.25, 0.3) is 0 Å². The van der Waals surface area contributed by atoms with Gasteiger partial charge >= 0.3 is 5.97 Å². The Kier molecular flexibility index (Phi) is 6.00. The van der Waals surface area contributed by atoms with Crippen molar-refractivity contribution >= 4 is 17.6 Å². The lowest BCUT2D eigenvalue weighted by molar-refractivity contribution is -0.137. The van der Waals surface area contributed by atoms with Crippen LogP contribution in [-0.2, 0) is 9.59 Å². The average molecular weight is 277 g/mol. The van der Waals surface area contributed by atoms with Crippen LogP contribution >= 0.6 is 0 Å². The molecule has 1 aromatic carbocycles. The first-order chi connectivity index (χ1) is 9.52. The van der Waals surface area contributed by atoms with Crippen LogP contribution in [0.1, 0.15) is 12.8 Å². The van der Waals surface area contributed by atoms with Gasteiger partial charge in [0, 0.05) is 18.2 Å². The highest BCUT2D eigenvalue weighted by molar-refractivity contribution is 5.95. The third kappa shape index (κ3) is 5.37. The Hall–Kier alpha value is -2.59. The second-order valence-corrected chi connectivity index (χ2v) is 4.00. The molecule has 1 atom stereocenters. The van der Waals surface area contributed by atoms with Gasteiger partial charge < -0.3 is 20.9 Å². The lowest BCUT2D eigenvalue weighted by atomic mass is 10.1. The summed E-state index contributed by atoms with van der Waals surface area (Å²) in [7, 11) is 0. The third-order valence-electron chi connectivity index (χ3n) is 2.41. The Morgan fingerprint density at radius 3 is 2.90 bits per heavy atom. The van der Waals surface area contributed by atoms with Crippen LogP contribution in [0.5, 0.6) is 5.75 Å². The van der Waals surface area contributed by atoms with Crippen LogP contribution in [0.2, 0.25) is 0 Å². The second kappa shape index (κ2) is 7.76. The van der Waals surface area contributed by atoms with Gasteiger partial charge in [-0.25, -0.2) is 0 Å². The van der Waals surface area contributed by atoms with E-state index in [9.17, 15) is 9.59 Å². The second-order valence-electron chi connectivity index (χ2n) is 4.00. The van der Waals surface area contributed by atoms with Gasteiger partial charge in [-0.15, -0.1) is 0 Å². The van der Waals surface area contributed by atoms with E-state index >= 15 is 0 Å². The number of nitriles is 1. The van der Waals surface area contributed by atoms with Crippen molar-refractivity contribution in [3.05, 3.63) is 24.3 Å². The van der Waals surface area contributed by atoms with Crippen molar-refractivity contribution in [3.63, 3.8) is 0 Å². The molecule has 0 aromatic heterocycles. The van der Waals surface area contributed by atoms with Crippen molar-refractivity contribution in [1.82, 2.24) is 0 Å². The predicted molar refractivity (Wildman–Crippen MR) is 71.0 cm³/mol. The van der Waals surface area contributed by atoms with Gasteiger partial charge in [-0.1, -0.05) is 6.07 Å². The molecule has 7 heteroatoms. The number of carbonyl (C=O) groups excluding carboxylic acids is 1. The van der Waals surface area contributed by atoms with E-state index in [1.807, 2.05) is 6.07 Å². The minimum Gasteiger partial charge on any atom is -0.481 e. The smallest absolute Gasteiger partial charge is 0.303 e. The van der Waals surface area contributed by atoms with E-state index in [4.69, 9.17) is 20.8 Å². The van der Waals surface area contributed by atoms with Crippen molar-refractivity contribution in [2.24, 2.45) is 5.73 Å². The van der Waals surface area contributed by atoms with Crippen LogP contribution in [-0.4, -0.2) is 29.6 Å². The van der Waals surface area contributed by atoms with Crippen LogP contribution in [0.25, 0.3) is 0 Å². The highest BCUT2D eigenvalue weighted by atomic mass is 16.5. The lowest BCUT2D eigenvalue weighted by Gasteiger charge is -2.12. The summed E-state index contributed by atoms with van der Waals surface area (Å²) < 4.78 is 5.10. The molecule has 0 aliphatic heterocycles. The van der Waals surface area contributed by atoms with Crippen molar-refractivity contribution in [3.8, 4) is 11.8 Å². The Morgan fingerprint density at radius 2 is 2.25 bits per heavy atom. The van der Waals surface area contributed by atoms with E-state index in [0.717, 1.165) is 0 Å². The normalized spacial score (nSPS) is 11.2. The fraction of sp³-hybridized carbons (Fsp3) is 0.308. The number of carboxylic acids is 1. The van der Waals surface area contributed by atoms with Gasteiger partial charge in [-0.3, -0.25) is 9.59 Å². The summed E-state index contributed by atoms with van der Waals surface area (Å²) in [6, 6.07) is 7.45. The third-order valence-corrected chi connectivity index (χ3v) is 2.41. The molecule has 0 aliphatic carbocycles. The van der Waals surface area contributed by atoms with Crippen molar-refractivity contribution in [2.75, 3.05) is 11.9 Å². The van der Waals surface area contributed by atoms with Gasteiger partial charge in [-0.05, 0) is 18.6 Å². The lowest BCUT2D eigenvalue weighted by Crippen LogP contribution is -2.36. The molecule has 0 saturated heterocycles. The van der Waals surface area contributed by atoms with Crippen LogP contribution in [0.4, 0.5) is 5.69 Å². The zero-order valence-corrected chi connectivity index (χ0v) is 10.7. The number of nitrogens with zero attached hydrogens (tertiary/aromatic N) is 1. The molecule has 0 bridgehead atoms. The molecule has 1 aromatic rings. The summed E-state index contributed by atoms with van der Waals surface area (Å²) in [5, 5.41) is 19.5. The minimum absolute atomic E-state index is 0.0613. The van der Waals surface area contributed by atoms with E-state index < -0.39 is 17.9 Å². The van der Waals surface area contributed by atoms with Gasteiger partial charge in [0.15, 0.2) is 6.61 Å². The Morgan fingerprint density at radius 1 is 1.50 bits per heavy atom.